The normalized spacial score (nSPS) is 34.1. The first-order valence-corrected chi connectivity index (χ1v) is 6.39. The fraction of sp³-hybridized carbons (Fsp3) is 0.571. The molecule has 0 aliphatic carbocycles. The molecule has 0 bridgehead atoms. The summed E-state index contributed by atoms with van der Waals surface area (Å²) in [4.78, 5) is 8.17. The maximum atomic E-state index is 5.60. The number of hydrogen-bond donors (Lipinski definition) is 0. The number of rotatable bonds is 2. The van der Waals surface area contributed by atoms with Crippen molar-refractivity contribution in [3.63, 3.8) is 0 Å². The summed E-state index contributed by atoms with van der Waals surface area (Å²) in [7, 11) is 2.06. The van der Waals surface area contributed by atoms with Gasteiger partial charge in [0.1, 0.15) is 0 Å². The Morgan fingerprint density at radius 1 is 1.29 bits per heavy atom. The highest BCUT2D eigenvalue weighted by Crippen LogP contribution is 2.33. The van der Waals surface area contributed by atoms with Gasteiger partial charge in [-0.2, -0.15) is 5.06 Å². The van der Waals surface area contributed by atoms with Gasteiger partial charge in [0.2, 0.25) is 0 Å². The van der Waals surface area contributed by atoms with E-state index in [1.165, 1.54) is 5.56 Å². The molecule has 0 saturated carbocycles. The van der Waals surface area contributed by atoms with Crippen molar-refractivity contribution in [2.24, 2.45) is 5.92 Å². The van der Waals surface area contributed by atoms with Crippen LogP contribution in [-0.4, -0.2) is 42.2 Å². The second kappa shape index (κ2) is 4.41. The van der Waals surface area contributed by atoms with Crippen LogP contribution in [0.2, 0.25) is 0 Å². The highest BCUT2D eigenvalue weighted by Gasteiger charge is 2.45. The van der Waals surface area contributed by atoms with E-state index in [1.807, 2.05) is 0 Å². The van der Waals surface area contributed by atoms with Crippen molar-refractivity contribution >= 4 is 0 Å². The van der Waals surface area contributed by atoms with E-state index in [0.717, 1.165) is 19.7 Å². The monoisotopic (exact) mass is 232 g/mol. The van der Waals surface area contributed by atoms with Crippen LogP contribution in [0.15, 0.2) is 30.3 Å². The molecule has 0 N–H and O–H groups in total. The molecule has 0 radical (unpaired) electrons. The fourth-order valence-corrected chi connectivity index (χ4v) is 3.26. The van der Waals surface area contributed by atoms with E-state index in [4.69, 9.17) is 4.84 Å². The largest absolute Gasteiger partial charge is 0.299 e. The molecule has 3 heteroatoms. The van der Waals surface area contributed by atoms with Crippen LogP contribution in [0.1, 0.15) is 12.5 Å². The van der Waals surface area contributed by atoms with Crippen LogP contribution in [0.25, 0.3) is 0 Å². The lowest BCUT2D eigenvalue weighted by atomic mass is 10.0. The Balaban J connectivity index is 1.70. The first-order valence-electron chi connectivity index (χ1n) is 6.39. The molecule has 1 aromatic rings. The zero-order valence-corrected chi connectivity index (χ0v) is 10.5. The average molecular weight is 232 g/mol. The molecule has 0 amide bonds. The van der Waals surface area contributed by atoms with E-state index in [0.29, 0.717) is 18.0 Å². The summed E-state index contributed by atoms with van der Waals surface area (Å²) in [5.41, 5.74) is 1.41. The molecule has 1 aromatic carbocycles. The van der Waals surface area contributed by atoms with E-state index in [1.54, 1.807) is 0 Å². The number of likely N-dealkylation sites (tertiary alicyclic amines) is 1. The number of benzene rings is 1. The molecule has 17 heavy (non-hydrogen) atoms. The Morgan fingerprint density at radius 2 is 2.06 bits per heavy atom. The van der Waals surface area contributed by atoms with Gasteiger partial charge >= 0.3 is 0 Å². The lowest BCUT2D eigenvalue weighted by Crippen LogP contribution is -2.39. The predicted molar refractivity (Wildman–Crippen MR) is 67.3 cm³/mol. The molecular weight excluding hydrogens is 212 g/mol. The van der Waals surface area contributed by atoms with Gasteiger partial charge < -0.3 is 0 Å². The van der Waals surface area contributed by atoms with Crippen LogP contribution >= 0.6 is 0 Å². The van der Waals surface area contributed by atoms with Gasteiger partial charge in [-0.05, 0) is 12.5 Å². The van der Waals surface area contributed by atoms with Crippen molar-refractivity contribution in [2.75, 3.05) is 20.2 Å². The van der Waals surface area contributed by atoms with E-state index >= 15 is 0 Å². The van der Waals surface area contributed by atoms with Crippen molar-refractivity contribution in [3.8, 4) is 0 Å². The van der Waals surface area contributed by atoms with Gasteiger partial charge in [0.15, 0.2) is 0 Å². The van der Waals surface area contributed by atoms with Gasteiger partial charge in [-0.1, -0.05) is 30.3 Å². The summed E-state index contributed by atoms with van der Waals surface area (Å²) >= 11 is 0. The molecule has 0 spiro atoms. The van der Waals surface area contributed by atoms with E-state index < -0.39 is 0 Å². The van der Waals surface area contributed by atoms with Gasteiger partial charge in [-0.25, -0.2) is 0 Å². The molecule has 3 rings (SSSR count). The second-order valence-corrected chi connectivity index (χ2v) is 5.25. The zero-order valence-electron chi connectivity index (χ0n) is 10.5. The number of hydrogen-bond acceptors (Lipinski definition) is 3. The third kappa shape index (κ3) is 1.99. The summed E-state index contributed by atoms with van der Waals surface area (Å²) in [6, 6.07) is 11.9. The SMILES string of the molecule is C[C@H]1[C@H]2[C@H](CON2C)CN1Cc1ccccc1. The molecule has 92 valence electrons. The predicted octanol–water partition coefficient (Wildman–Crippen LogP) is 1.75. The van der Waals surface area contributed by atoms with Gasteiger partial charge in [-0.15, -0.1) is 0 Å². The van der Waals surface area contributed by atoms with Crippen molar-refractivity contribution in [2.45, 2.75) is 25.6 Å². The summed E-state index contributed by atoms with van der Waals surface area (Å²) < 4.78 is 0. The van der Waals surface area contributed by atoms with Crippen LogP contribution in [0, 0.1) is 5.92 Å². The van der Waals surface area contributed by atoms with Crippen molar-refractivity contribution in [3.05, 3.63) is 35.9 Å². The molecule has 2 aliphatic rings. The van der Waals surface area contributed by atoms with Crippen LogP contribution < -0.4 is 0 Å². The van der Waals surface area contributed by atoms with Gasteiger partial charge in [0.05, 0.1) is 12.6 Å². The Labute approximate surface area is 103 Å². The average Bonchev–Trinajstić information content (AvgIpc) is 2.84. The zero-order chi connectivity index (χ0) is 11.8. The van der Waals surface area contributed by atoms with Gasteiger partial charge in [-0.3, -0.25) is 9.74 Å². The first kappa shape index (κ1) is 11.2. The Kier molecular flexibility index (Phi) is 2.90. The van der Waals surface area contributed by atoms with E-state index in [-0.39, 0.29) is 0 Å². The second-order valence-electron chi connectivity index (χ2n) is 5.25. The number of nitrogens with zero attached hydrogens (tertiary/aromatic N) is 2. The smallest absolute Gasteiger partial charge is 0.0742 e. The summed E-state index contributed by atoms with van der Waals surface area (Å²) in [5, 5.41) is 2.06. The lowest BCUT2D eigenvalue weighted by Gasteiger charge is -2.27. The maximum absolute atomic E-state index is 5.60. The third-order valence-electron chi connectivity index (χ3n) is 4.16. The van der Waals surface area contributed by atoms with Crippen molar-refractivity contribution < 1.29 is 4.84 Å². The molecule has 2 fully saturated rings. The summed E-state index contributed by atoms with van der Waals surface area (Å²) in [5.74, 6) is 0.679. The van der Waals surface area contributed by atoms with Gasteiger partial charge in [0, 0.05) is 32.1 Å². The Morgan fingerprint density at radius 3 is 2.76 bits per heavy atom. The van der Waals surface area contributed by atoms with E-state index in [9.17, 15) is 0 Å². The molecule has 0 aromatic heterocycles. The van der Waals surface area contributed by atoms with Crippen LogP contribution in [0.3, 0.4) is 0 Å². The minimum absolute atomic E-state index is 0.568. The fourth-order valence-electron chi connectivity index (χ4n) is 3.26. The van der Waals surface area contributed by atoms with E-state index in [2.05, 4.69) is 54.3 Å². The molecule has 3 atom stereocenters. The molecule has 2 saturated heterocycles. The minimum Gasteiger partial charge on any atom is -0.299 e. The molecule has 0 unspecified atom stereocenters. The standard InChI is InChI=1S/C14H20N2O/c1-11-14-13(10-17-15(14)2)9-16(11)8-12-6-4-3-5-7-12/h3-7,11,13-14H,8-10H2,1-2H3/t11-,13-,14-/m0/s1. The topological polar surface area (TPSA) is 15.7 Å². The molecular formula is C14H20N2O. The Hall–Kier alpha value is -0.900. The van der Waals surface area contributed by atoms with Crippen LogP contribution in [0.4, 0.5) is 0 Å². The van der Waals surface area contributed by atoms with Crippen molar-refractivity contribution in [1.82, 2.24) is 9.96 Å². The summed E-state index contributed by atoms with van der Waals surface area (Å²) in [6.07, 6.45) is 0. The van der Waals surface area contributed by atoms with Crippen LogP contribution in [0.5, 0.6) is 0 Å². The minimum atomic E-state index is 0.568. The van der Waals surface area contributed by atoms with Crippen LogP contribution in [-0.2, 0) is 11.4 Å². The highest BCUT2D eigenvalue weighted by molar-refractivity contribution is 5.15. The number of fused-ring (bicyclic) bond motifs is 1. The Bertz CT molecular complexity index is 381. The first-order chi connectivity index (χ1) is 8.25. The number of hydroxylamine groups is 2. The number of likely N-dealkylation sites (N-methyl/N-ethyl adjacent to an activating group) is 1. The molecule has 3 nitrogen and oxygen atoms in total. The maximum Gasteiger partial charge on any atom is 0.0742 e. The van der Waals surface area contributed by atoms with Gasteiger partial charge in [0.25, 0.3) is 0 Å². The third-order valence-corrected chi connectivity index (χ3v) is 4.16. The molecule has 2 aliphatic heterocycles. The highest BCUT2D eigenvalue weighted by atomic mass is 16.7. The summed E-state index contributed by atoms with van der Waals surface area (Å²) in [6.45, 7) is 5.42. The lowest BCUT2D eigenvalue weighted by molar-refractivity contribution is -0.121. The van der Waals surface area contributed by atoms with Crippen molar-refractivity contribution in [1.29, 1.82) is 0 Å². The molecule has 2 heterocycles. The quantitative estimate of drug-likeness (QED) is 0.772.